The Morgan fingerprint density at radius 1 is 1.33 bits per heavy atom. The minimum absolute atomic E-state index is 0.537. The van der Waals surface area contributed by atoms with Crippen LogP contribution in [0.25, 0.3) is 0 Å². The minimum Gasteiger partial charge on any atom is -0.388 e. The Morgan fingerprint density at radius 2 is 2.05 bits per heavy atom. The molecule has 2 rings (SSSR count). The summed E-state index contributed by atoms with van der Waals surface area (Å²) in [6.07, 6.45) is 5.19. The quantitative estimate of drug-likeness (QED) is 0.756. The first-order valence-corrected chi connectivity index (χ1v) is 8.34. The lowest BCUT2D eigenvalue weighted by Gasteiger charge is -2.31. The summed E-state index contributed by atoms with van der Waals surface area (Å²) in [4.78, 5) is 2.15. The van der Waals surface area contributed by atoms with Crippen molar-refractivity contribution in [3.05, 3.63) is 28.8 Å². The minimum atomic E-state index is -0.537. The lowest BCUT2D eigenvalue weighted by Crippen LogP contribution is -2.39. The highest BCUT2D eigenvalue weighted by molar-refractivity contribution is 6.30. The SMILES string of the molecule is CCCNCc1ccc(Cl)cc1N(C)CC1(O)CCCC1. The highest BCUT2D eigenvalue weighted by Crippen LogP contribution is 2.32. The van der Waals surface area contributed by atoms with Gasteiger partial charge in [-0.2, -0.15) is 0 Å². The number of aliphatic hydroxyl groups is 1. The van der Waals surface area contributed by atoms with Gasteiger partial charge in [0, 0.05) is 30.8 Å². The molecule has 2 N–H and O–H groups in total. The van der Waals surface area contributed by atoms with Gasteiger partial charge in [-0.3, -0.25) is 0 Å². The third-order valence-electron chi connectivity index (χ3n) is 4.27. The normalized spacial score (nSPS) is 17.1. The van der Waals surface area contributed by atoms with Gasteiger partial charge >= 0.3 is 0 Å². The second-order valence-corrected chi connectivity index (χ2v) is 6.67. The summed E-state index contributed by atoms with van der Waals surface area (Å²) >= 11 is 6.16. The van der Waals surface area contributed by atoms with Crippen molar-refractivity contribution >= 4 is 17.3 Å². The molecular formula is C17H27ClN2O. The Morgan fingerprint density at radius 3 is 2.71 bits per heavy atom. The summed E-state index contributed by atoms with van der Waals surface area (Å²) in [5, 5.41) is 14.8. The molecule has 0 aromatic heterocycles. The third kappa shape index (κ3) is 4.60. The van der Waals surface area contributed by atoms with Crippen molar-refractivity contribution in [1.82, 2.24) is 5.32 Å². The molecule has 0 amide bonds. The Labute approximate surface area is 133 Å². The summed E-state index contributed by atoms with van der Waals surface area (Å²) in [5.74, 6) is 0. The van der Waals surface area contributed by atoms with E-state index in [-0.39, 0.29) is 0 Å². The number of anilines is 1. The summed E-state index contributed by atoms with van der Waals surface area (Å²) in [7, 11) is 2.05. The van der Waals surface area contributed by atoms with Crippen LogP contribution in [0, 0.1) is 0 Å². The molecule has 1 aliphatic carbocycles. The largest absolute Gasteiger partial charge is 0.388 e. The van der Waals surface area contributed by atoms with Gasteiger partial charge < -0.3 is 15.3 Å². The van der Waals surface area contributed by atoms with Crippen LogP contribution < -0.4 is 10.2 Å². The number of rotatable bonds is 7. The van der Waals surface area contributed by atoms with Crippen molar-refractivity contribution in [2.24, 2.45) is 0 Å². The number of halogens is 1. The van der Waals surface area contributed by atoms with Gasteiger partial charge in [0.25, 0.3) is 0 Å². The smallest absolute Gasteiger partial charge is 0.0821 e. The number of hydrogen-bond donors (Lipinski definition) is 2. The van der Waals surface area contributed by atoms with Crippen LogP contribution in [0.5, 0.6) is 0 Å². The van der Waals surface area contributed by atoms with Crippen LogP contribution in [0.1, 0.15) is 44.6 Å². The summed E-state index contributed by atoms with van der Waals surface area (Å²) in [6, 6.07) is 6.02. The predicted octanol–water partition coefficient (Wildman–Crippen LogP) is 3.58. The molecule has 0 radical (unpaired) electrons. The van der Waals surface area contributed by atoms with E-state index in [0.717, 1.165) is 55.9 Å². The maximum atomic E-state index is 10.6. The average Bonchev–Trinajstić information content (AvgIpc) is 2.87. The van der Waals surface area contributed by atoms with Crippen LogP contribution in [-0.4, -0.2) is 30.8 Å². The van der Waals surface area contributed by atoms with E-state index in [1.54, 1.807) is 0 Å². The van der Waals surface area contributed by atoms with Crippen LogP contribution in [0.2, 0.25) is 5.02 Å². The monoisotopic (exact) mass is 310 g/mol. The third-order valence-corrected chi connectivity index (χ3v) is 4.50. The van der Waals surface area contributed by atoms with Gasteiger partial charge in [0.1, 0.15) is 0 Å². The van der Waals surface area contributed by atoms with E-state index in [0.29, 0.717) is 6.54 Å². The second-order valence-electron chi connectivity index (χ2n) is 6.24. The number of nitrogens with zero attached hydrogens (tertiary/aromatic N) is 1. The van der Waals surface area contributed by atoms with Crippen LogP contribution in [0.3, 0.4) is 0 Å². The molecule has 1 aliphatic rings. The van der Waals surface area contributed by atoms with Crippen LogP contribution in [0.15, 0.2) is 18.2 Å². The van der Waals surface area contributed by atoms with E-state index >= 15 is 0 Å². The lowest BCUT2D eigenvalue weighted by atomic mass is 10.0. The number of hydrogen-bond acceptors (Lipinski definition) is 3. The molecule has 3 nitrogen and oxygen atoms in total. The molecular weight excluding hydrogens is 284 g/mol. The maximum Gasteiger partial charge on any atom is 0.0821 e. The standard InChI is InChI=1S/C17H27ClN2O/c1-3-10-19-12-14-6-7-15(18)11-16(14)20(2)13-17(21)8-4-5-9-17/h6-7,11,19,21H,3-5,8-10,12-13H2,1-2H3. The molecule has 0 saturated heterocycles. The van der Waals surface area contributed by atoms with Crippen LogP contribution >= 0.6 is 11.6 Å². The maximum absolute atomic E-state index is 10.6. The highest BCUT2D eigenvalue weighted by Gasteiger charge is 2.32. The van der Waals surface area contributed by atoms with E-state index in [4.69, 9.17) is 11.6 Å². The fourth-order valence-electron chi connectivity index (χ4n) is 3.16. The number of likely N-dealkylation sites (N-methyl/N-ethyl adjacent to an activating group) is 1. The summed E-state index contributed by atoms with van der Waals surface area (Å²) in [6.45, 7) is 4.68. The van der Waals surface area contributed by atoms with Gasteiger partial charge in [0.2, 0.25) is 0 Å². The molecule has 0 unspecified atom stereocenters. The Balaban J connectivity index is 2.10. The molecule has 4 heteroatoms. The molecule has 1 saturated carbocycles. The Hall–Kier alpha value is -0.770. The van der Waals surface area contributed by atoms with Crippen molar-refractivity contribution in [3.8, 4) is 0 Å². The molecule has 0 atom stereocenters. The van der Waals surface area contributed by atoms with Gasteiger partial charge in [0.05, 0.1) is 5.60 Å². The van der Waals surface area contributed by atoms with Crippen molar-refractivity contribution in [2.75, 3.05) is 25.0 Å². The molecule has 1 aromatic carbocycles. The van der Waals surface area contributed by atoms with Crippen LogP contribution in [-0.2, 0) is 6.54 Å². The van der Waals surface area contributed by atoms with Gasteiger partial charge in [0.15, 0.2) is 0 Å². The molecule has 118 valence electrons. The van der Waals surface area contributed by atoms with E-state index in [1.807, 2.05) is 19.2 Å². The van der Waals surface area contributed by atoms with Crippen molar-refractivity contribution in [3.63, 3.8) is 0 Å². The lowest BCUT2D eigenvalue weighted by molar-refractivity contribution is 0.0559. The molecule has 1 fully saturated rings. The van der Waals surface area contributed by atoms with Gasteiger partial charge in [-0.15, -0.1) is 0 Å². The summed E-state index contributed by atoms with van der Waals surface area (Å²) in [5.41, 5.74) is 1.81. The van der Waals surface area contributed by atoms with Crippen molar-refractivity contribution in [2.45, 2.75) is 51.2 Å². The van der Waals surface area contributed by atoms with Crippen molar-refractivity contribution < 1.29 is 5.11 Å². The molecule has 0 spiro atoms. The molecule has 0 aliphatic heterocycles. The van der Waals surface area contributed by atoms with Crippen molar-refractivity contribution in [1.29, 1.82) is 0 Å². The van der Waals surface area contributed by atoms with Gasteiger partial charge in [-0.05, 0) is 43.5 Å². The first-order valence-electron chi connectivity index (χ1n) is 7.97. The van der Waals surface area contributed by atoms with E-state index in [1.165, 1.54) is 5.56 Å². The average molecular weight is 311 g/mol. The van der Waals surface area contributed by atoms with E-state index < -0.39 is 5.60 Å². The molecule has 0 bridgehead atoms. The molecule has 0 heterocycles. The van der Waals surface area contributed by atoms with Gasteiger partial charge in [-0.1, -0.05) is 37.4 Å². The topological polar surface area (TPSA) is 35.5 Å². The van der Waals surface area contributed by atoms with Gasteiger partial charge in [-0.25, -0.2) is 0 Å². The fraction of sp³-hybridized carbons (Fsp3) is 0.647. The zero-order valence-corrected chi connectivity index (χ0v) is 13.9. The Kier molecular flexibility index (Phi) is 5.91. The number of benzene rings is 1. The fourth-order valence-corrected chi connectivity index (χ4v) is 3.33. The highest BCUT2D eigenvalue weighted by atomic mass is 35.5. The Bertz CT molecular complexity index is 458. The predicted molar refractivity (Wildman–Crippen MR) is 90.1 cm³/mol. The second kappa shape index (κ2) is 7.48. The molecule has 1 aromatic rings. The molecule has 21 heavy (non-hydrogen) atoms. The number of nitrogens with one attached hydrogen (secondary N) is 1. The zero-order valence-electron chi connectivity index (χ0n) is 13.2. The zero-order chi connectivity index (χ0) is 15.3. The summed E-state index contributed by atoms with van der Waals surface area (Å²) < 4.78 is 0. The van der Waals surface area contributed by atoms with E-state index in [2.05, 4.69) is 23.2 Å². The first-order chi connectivity index (χ1) is 10.0. The first kappa shape index (κ1) is 16.6. The van der Waals surface area contributed by atoms with E-state index in [9.17, 15) is 5.11 Å². The van der Waals surface area contributed by atoms with Crippen LogP contribution in [0.4, 0.5) is 5.69 Å².